The number of halogens is 3. The first-order chi connectivity index (χ1) is 12.3. The zero-order valence-corrected chi connectivity index (χ0v) is 16.4. The SMILES string of the molecule is COc1cc(/C=N/Nc2c(Cl)cc(Cl)cc2Cl)cc(OC)c1OC(C)=O. The Balaban J connectivity index is 2.29. The monoisotopic (exact) mass is 416 g/mol. The molecule has 2 rings (SSSR count). The van der Waals surface area contributed by atoms with E-state index in [0.29, 0.717) is 37.8 Å². The van der Waals surface area contributed by atoms with Crippen molar-refractivity contribution in [2.24, 2.45) is 5.10 Å². The Labute approximate surface area is 165 Å². The highest BCUT2D eigenvalue weighted by Gasteiger charge is 2.15. The molecule has 138 valence electrons. The second-order valence-corrected chi connectivity index (χ2v) is 6.21. The third-order valence-electron chi connectivity index (χ3n) is 3.13. The summed E-state index contributed by atoms with van der Waals surface area (Å²) in [6, 6.07) is 6.37. The maximum atomic E-state index is 11.2. The quantitative estimate of drug-likeness (QED) is 0.309. The summed E-state index contributed by atoms with van der Waals surface area (Å²) in [5, 5.41) is 5.19. The number of methoxy groups -OCH3 is 2. The van der Waals surface area contributed by atoms with E-state index in [1.807, 2.05) is 0 Å². The minimum absolute atomic E-state index is 0.191. The lowest BCUT2D eigenvalue weighted by Crippen LogP contribution is -2.05. The number of hydrogen-bond acceptors (Lipinski definition) is 6. The molecule has 2 aromatic rings. The van der Waals surface area contributed by atoms with Crippen LogP contribution in [0.5, 0.6) is 17.2 Å². The summed E-state index contributed by atoms with van der Waals surface area (Å²) in [6.07, 6.45) is 1.50. The van der Waals surface area contributed by atoms with E-state index in [1.165, 1.54) is 27.4 Å². The van der Waals surface area contributed by atoms with Crippen molar-refractivity contribution in [2.75, 3.05) is 19.6 Å². The molecule has 26 heavy (non-hydrogen) atoms. The number of carbonyl (C=O) groups excluding carboxylic acids is 1. The molecule has 0 amide bonds. The van der Waals surface area contributed by atoms with Crippen LogP contribution in [0.1, 0.15) is 12.5 Å². The summed E-state index contributed by atoms with van der Waals surface area (Å²) in [4.78, 5) is 11.2. The number of carbonyl (C=O) groups is 1. The van der Waals surface area contributed by atoms with Gasteiger partial charge < -0.3 is 14.2 Å². The first-order valence-corrected chi connectivity index (χ1v) is 8.37. The fourth-order valence-corrected chi connectivity index (χ4v) is 2.94. The minimum atomic E-state index is -0.489. The number of esters is 1. The molecule has 0 unspecified atom stereocenters. The van der Waals surface area contributed by atoms with Gasteiger partial charge in [0.15, 0.2) is 11.5 Å². The number of ether oxygens (including phenoxy) is 3. The second kappa shape index (κ2) is 8.98. The Bertz CT molecular complexity index is 808. The van der Waals surface area contributed by atoms with Gasteiger partial charge in [0.2, 0.25) is 5.75 Å². The van der Waals surface area contributed by atoms with Crippen molar-refractivity contribution >= 4 is 52.7 Å². The highest BCUT2D eigenvalue weighted by molar-refractivity contribution is 6.41. The molecular weight excluding hydrogens is 403 g/mol. The van der Waals surface area contributed by atoms with Crippen LogP contribution in [-0.2, 0) is 4.79 Å². The molecule has 0 saturated heterocycles. The summed E-state index contributed by atoms with van der Waals surface area (Å²) in [7, 11) is 2.91. The van der Waals surface area contributed by atoms with Crippen molar-refractivity contribution in [2.45, 2.75) is 6.92 Å². The standard InChI is InChI=1S/C17H15Cl3N2O4/c1-9(23)26-17-14(24-2)4-10(5-15(17)25-3)8-21-22-16-12(19)6-11(18)7-13(16)20/h4-8,22H,1-3H3/b21-8+. The van der Waals surface area contributed by atoms with Crippen molar-refractivity contribution < 1.29 is 19.0 Å². The largest absolute Gasteiger partial charge is 0.493 e. The Morgan fingerprint density at radius 2 is 1.58 bits per heavy atom. The molecule has 0 aliphatic heterocycles. The Morgan fingerprint density at radius 1 is 1.04 bits per heavy atom. The van der Waals surface area contributed by atoms with Crippen molar-refractivity contribution in [1.82, 2.24) is 0 Å². The van der Waals surface area contributed by atoms with E-state index in [1.54, 1.807) is 24.3 Å². The van der Waals surface area contributed by atoms with Gasteiger partial charge in [0, 0.05) is 17.5 Å². The lowest BCUT2D eigenvalue weighted by atomic mass is 10.2. The summed E-state index contributed by atoms with van der Waals surface area (Å²) in [5.41, 5.74) is 3.81. The second-order valence-electron chi connectivity index (χ2n) is 4.96. The predicted molar refractivity (Wildman–Crippen MR) is 104 cm³/mol. The van der Waals surface area contributed by atoms with Crippen LogP contribution < -0.4 is 19.6 Å². The number of hydrazone groups is 1. The summed E-state index contributed by atoms with van der Waals surface area (Å²) in [5.74, 6) is 0.347. The highest BCUT2D eigenvalue weighted by Crippen LogP contribution is 2.38. The van der Waals surface area contributed by atoms with Crippen molar-refractivity contribution in [3.8, 4) is 17.2 Å². The topological polar surface area (TPSA) is 69.2 Å². The first kappa shape index (κ1) is 20.2. The number of rotatable bonds is 6. The van der Waals surface area contributed by atoms with Crippen LogP contribution in [0.2, 0.25) is 15.1 Å². The van der Waals surface area contributed by atoms with Gasteiger partial charge in [-0.15, -0.1) is 0 Å². The average molecular weight is 418 g/mol. The Morgan fingerprint density at radius 3 is 2.04 bits per heavy atom. The van der Waals surface area contributed by atoms with Gasteiger partial charge in [-0.05, 0) is 24.3 Å². The van der Waals surface area contributed by atoms with E-state index in [2.05, 4.69) is 10.5 Å². The van der Waals surface area contributed by atoms with E-state index < -0.39 is 5.97 Å². The van der Waals surface area contributed by atoms with Gasteiger partial charge in [0.25, 0.3) is 0 Å². The summed E-state index contributed by atoms with van der Waals surface area (Å²) in [6.45, 7) is 1.29. The molecule has 0 saturated carbocycles. The fraction of sp³-hybridized carbons (Fsp3) is 0.176. The molecule has 0 heterocycles. The van der Waals surface area contributed by atoms with E-state index in [4.69, 9.17) is 49.0 Å². The highest BCUT2D eigenvalue weighted by atomic mass is 35.5. The third kappa shape index (κ3) is 4.94. The van der Waals surface area contributed by atoms with Crippen LogP contribution in [-0.4, -0.2) is 26.4 Å². The van der Waals surface area contributed by atoms with Crippen LogP contribution in [0.25, 0.3) is 0 Å². The number of anilines is 1. The van der Waals surface area contributed by atoms with Gasteiger partial charge >= 0.3 is 5.97 Å². The smallest absolute Gasteiger partial charge is 0.308 e. The molecule has 0 aromatic heterocycles. The van der Waals surface area contributed by atoms with E-state index in [-0.39, 0.29) is 5.75 Å². The van der Waals surface area contributed by atoms with Gasteiger partial charge in [-0.1, -0.05) is 34.8 Å². The Kier molecular flexibility index (Phi) is 6.97. The van der Waals surface area contributed by atoms with Crippen molar-refractivity contribution in [3.05, 3.63) is 44.9 Å². The van der Waals surface area contributed by atoms with E-state index >= 15 is 0 Å². The number of benzene rings is 2. The maximum Gasteiger partial charge on any atom is 0.308 e. The third-order valence-corrected chi connectivity index (χ3v) is 3.94. The van der Waals surface area contributed by atoms with Crippen LogP contribution in [0.4, 0.5) is 5.69 Å². The Hall–Kier alpha value is -2.15. The van der Waals surface area contributed by atoms with Crippen LogP contribution in [0.3, 0.4) is 0 Å². The molecule has 6 nitrogen and oxygen atoms in total. The van der Waals surface area contributed by atoms with E-state index in [9.17, 15) is 4.79 Å². The minimum Gasteiger partial charge on any atom is -0.493 e. The predicted octanol–water partition coefficient (Wildman–Crippen LogP) is 5.04. The van der Waals surface area contributed by atoms with E-state index in [0.717, 1.165) is 0 Å². The van der Waals surface area contributed by atoms with Gasteiger partial charge in [-0.3, -0.25) is 10.2 Å². The lowest BCUT2D eigenvalue weighted by molar-refractivity contribution is -0.132. The fourth-order valence-electron chi connectivity index (χ4n) is 2.04. The van der Waals surface area contributed by atoms with Crippen molar-refractivity contribution in [1.29, 1.82) is 0 Å². The first-order valence-electron chi connectivity index (χ1n) is 7.23. The van der Waals surface area contributed by atoms with Gasteiger partial charge in [-0.25, -0.2) is 0 Å². The molecule has 2 aromatic carbocycles. The average Bonchev–Trinajstić information content (AvgIpc) is 2.57. The van der Waals surface area contributed by atoms with Gasteiger partial charge in [0.05, 0.1) is 36.2 Å². The number of hydrogen-bond donors (Lipinski definition) is 1. The molecule has 1 N–H and O–H groups in total. The summed E-state index contributed by atoms with van der Waals surface area (Å²) >= 11 is 18.0. The summed E-state index contributed by atoms with van der Waals surface area (Å²) < 4.78 is 15.6. The van der Waals surface area contributed by atoms with Gasteiger partial charge in [0.1, 0.15) is 0 Å². The zero-order chi connectivity index (χ0) is 19.3. The number of nitrogens with zero attached hydrogens (tertiary/aromatic N) is 1. The molecule has 0 atom stereocenters. The molecule has 0 aliphatic rings. The van der Waals surface area contributed by atoms with Crippen LogP contribution in [0.15, 0.2) is 29.4 Å². The molecule has 0 fully saturated rings. The molecule has 0 bridgehead atoms. The molecule has 9 heteroatoms. The van der Waals surface area contributed by atoms with Gasteiger partial charge in [-0.2, -0.15) is 5.10 Å². The van der Waals surface area contributed by atoms with Crippen molar-refractivity contribution in [3.63, 3.8) is 0 Å². The molecule has 0 aliphatic carbocycles. The van der Waals surface area contributed by atoms with Crippen LogP contribution in [0, 0.1) is 0 Å². The zero-order valence-electron chi connectivity index (χ0n) is 14.1. The van der Waals surface area contributed by atoms with Crippen LogP contribution >= 0.6 is 34.8 Å². The molecular formula is C17H15Cl3N2O4. The lowest BCUT2D eigenvalue weighted by Gasteiger charge is -2.13. The molecule has 0 radical (unpaired) electrons. The number of nitrogens with one attached hydrogen (secondary N) is 1. The normalized spacial score (nSPS) is 10.7. The molecule has 0 spiro atoms. The maximum absolute atomic E-state index is 11.2.